The Labute approximate surface area is 185 Å². The maximum Gasteiger partial charge on any atom is 0.185 e. The lowest BCUT2D eigenvalue weighted by molar-refractivity contribution is 0.245. The van der Waals surface area contributed by atoms with Crippen LogP contribution in [0.1, 0.15) is 68.4 Å². The van der Waals surface area contributed by atoms with Gasteiger partial charge in [-0.25, -0.2) is 4.68 Å². The summed E-state index contributed by atoms with van der Waals surface area (Å²) in [6, 6.07) is 8.47. The Bertz CT molecular complexity index is 1240. The SMILES string of the molecule is COc1ccc2cc(C(c3nnnn3C3CCCCC3)N3CCCC3)c3nnnn3c2c1. The number of methoxy groups -OCH3 is 1. The second-order valence-electron chi connectivity index (χ2n) is 8.86. The third-order valence-corrected chi connectivity index (χ3v) is 6.99. The lowest BCUT2D eigenvalue weighted by Crippen LogP contribution is -2.31. The van der Waals surface area contributed by atoms with E-state index < -0.39 is 0 Å². The number of hydrogen-bond donors (Lipinski definition) is 0. The maximum atomic E-state index is 5.43. The molecule has 1 saturated heterocycles. The lowest BCUT2D eigenvalue weighted by Gasteiger charge is -2.30. The van der Waals surface area contributed by atoms with Crippen LogP contribution in [0.25, 0.3) is 16.6 Å². The molecule has 0 bridgehead atoms. The third-order valence-electron chi connectivity index (χ3n) is 6.99. The van der Waals surface area contributed by atoms with Crippen LogP contribution in [0.4, 0.5) is 0 Å². The van der Waals surface area contributed by atoms with Gasteiger partial charge in [0.1, 0.15) is 11.8 Å². The number of tetrazole rings is 2. The van der Waals surface area contributed by atoms with Crippen molar-refractivity contribution in [1.29, 1.82) is 0 Å². The molecule has 3 aromatic heterocycles. The number of nitrogens with zero attached hydrogens (tertiary/aromatic N) is 9. The second-order valence-corrected chi connectivity index (χ2v) is 8.86. The van der Waals surface area contributed by atoms with Crippen molar-refractivity contribution >= 4 is 16.6 Å². The second kappa shape index (κ2) is 8.09. The summed E-state index contributed by atoms with van der Waals surface area (Å²) in [6.07, 6.45) is 8.36. The zero-order valence-electron chi connectivity index (χ0n) is 18.3. The molecular formula is C22H27N9O. The van der Waals surface area contributed by atoms with Gasteiger partial charge in [-0.1, -0.05) is 19.3 Å². The highest BCUT2D eigenvalue weighted by molar-refractivity contribution is 5.84. The van der Waals surface area contributed by atoms with E-state index in [0.29, 0.717) is 6.04 Å². The summed E-state index contributed by atoms with van der Waals surface area (Å²) in [6.45, 7) is 2.02. The summed E-state index contributed by atoms with van der Waals surface area (Å²) in [5.41, 5.74) is 2.70. The number of likely N-dealkylation sites (tertiary alicyclic amines) is 1. The van der Waals surface area contributed by atoms with E-state index >= 15 is 0 Å². The largest absolute Gasteiger partial charge is 0.497 e. The molecule has 4 aromatic rings. The summed E-state index contributed by atoms with van der Waals surface area (Å²) in [5, 5.41) is 27.0. The molecule has 2 fully saturated rings. The van der Waals surface area contributed by atoms with Crippen LogP contribution in [0, 0.1) is 0 Å². The number of pyridine rings is 1. The number of rotatable bonds is 5. The van der Waals surface area contributed by atoms with Crippen LogP contribution in [0.2, 0.25) is 0 Å². The highest BCUT2D eigenvalue weighted by Gasteiger charge is 2.34. The Morgan fingerprint density at radius 1 is 0.938 bits per heavy atom. The van der Waals surface area contributed by atoms with Gasteiger partial charge >= 0.3 is 0 Å². The van der Waals surface area contributed by atoms with Crippen molar-refractivity contribution in [3.05, 3.63) is 35.7 Å². The molecule has 1 saturated carbocycles. The summed E-state index contributed by atoms with van der Waals surface area (Å²) in [5.74, 6) is 1.68. The highest BCUT2D eigenvalue weighted by atomic mass is 16.5. The van der Waals surface area contributed by atoms with Gasteiger partial charge < -0.3 is 4.74 Å². The molecule has 1 unspecified atom stereocenters. The van der Waals surface area contributed by atoms with Crippen molar-refractivity contribution in [2.45, 2.75) is 57.0 Å². The molecule has 32 heavy (non-hydrogen) atoms. The topological polar surface area (TPSA) is 99.2 Å². The standard InChI is InChI=1S/C22H27N9O/c1-32-17-10-9-15-13-18(21-23-25-28-31(21)19(15)14-17)20(29-11-5-6-12-29)22-24-26-27-30(22)16-7-3-2-4-8-16/h9-10,13-14,16,20H,2-8,11-12H2,1H3. The maximum absolute atomic E-state index is 5.43. The Kier molecular flexibility index (Phi) is 4.94. The predicted molar refractivity (Wildman–Crippen MR) is 117 cm³/mol. The molecule has 0 spiro atoms. The van der Waals surface area contributed by atoms with Gasteiger partial charge in [-0.15, -0.1) is 10.2 Å². The number of fused-ring (bicyclic) bond motifs is 3. The molecular weight excluding hydrogens is 406 g/mol. The van der Waals surface area contributed by atoms with Crippen LogP contribution in [0.5, 0.6) is 5.75 Å². The first-order valence-electron chi connectivity index (χ1n) is 11.5. The first-order chi connectivity index (χ1) is 15.8. The summed E-state index contributed by atoms with van der Waals surface area (Å²) >= 11 is 0. The van der Waals surface area contributed by atoms with Crippen LogP contribution in [0.15, 0.2) is 24.3 Å². The zero-order chi connectivity index (χ0) is 21.5. The molecule has 6 rings (SSSR count). The van der Waals surface area contributed by atoms with Crippen molar-refractivity contribution in [2.24, 2.45) is 0 Å². The minimum Gasteiger partial charge on any atom is -0.497 e. The summed E-state index contributed by atoms with van der Waals surface area (Å²) < 4.78 is 9.32. The Morgan fingerprint density at radius 2 is 1.75 bits per heavy atom. The van der Waals surface area contributed by atoms with Crippen molar-refractivity contribution in [1.82, 2.24) is 45.1 Å². The van der Waals surface area contributed by atoms with Gasteiger partial charge in [-0.05, 0) is 77.8 Å². The van der Waals surface area contributed by atoms with E-state index in [0.717, 1.165) is 59.6 Å². The monoisotopic (exact) mass is 433 g/mol. The molecule has 166 valence electrons. The summed E-state index contributed by atoms with van der Waals surface area (Å²) in [4.78, 5) is 2.48. The normalized spacial score (nSPS) is 19.2. The molecule has 2 aliphatic rings. The van der Waals surface area contributed by atoms with Gasteiger partial charge in [-0.3, -0.25) is 4.90 Å². The fraction of sp³-hybridized carbons (Fsp3) is 0.545. The first-order valence-corrected chi connectivity index (χ1v) is 11.5. The molecule has 0 N–H and O–H groups in total. The minimum atomic E-state index is -0.0885. The molecule has 0 amide bonds. The molecule has 1 atom stereocenters. The molecule has 10 nitrogen and oxygen atoms in total. The predicted octanol–water partition coefficient (Wildman–Crippen LogP) is 2.96. The van der Waals surface area contributed by atoms with E-state index in [-0.39, 0.29) is 6.04 Å². The summed E-state index contributed by atoms with van der Waals surface area (Å²) in [7, 11) is 1.67. The van der Waals surface area contributed by atoms with E-state index in [1.165, 1.54) is 32.1 Å². The average molecular weight is 434 g/mol. The molecule has 4 heterocycles. The third kappa shape index (κ3) is 3.21. The molecule has 1 aliphatic heterocycles. The zero-order valence-corrected chi connectivity index (χ0v) is 18.3. The van der Waals surface area contributed by atoms with Crippen LogP contribution in [-0.2, 0) is 0 Å². The molecule has 0 radical (unpaired) electrons. The van der Waals surface area contributed by atoms with E-state index in [1.807, 2.05) is 16.6 Å². The minimum absolute atomic E-state index is 0.0885. The quantitative estimate of drug-likeness (QED) is 0.474. The fourth-order valence-corrected chi connectivity index (χ4v) is 5.38. The first kappa shape index (κ1) is 19.5. The number of benzene rings is 1. The van der Waals surface area contributed by atoms with Gasteiger partial charge in [0.25, 0.3) is 0 Å². The number of aromatic nitrogens is 8. The van der Waals surface area contributed by atoms with Crippen molar-refractivity contribution in [3.8, 4) is 5.75 Å². The Hall–Kier alpha value is -3.14. The van der Waals surface area contributed by atoms with Crippen LogP contribution < -0.4 is 4.74 Å². The van der Waals surface area contributed by atoms with Gasteiger partial charge in [0, 0.05) is 17.0 Å². The van der Waals surface area contributed by atoms with E-state index in [1.54, 1.807) is 7.11 Å². The smallest absolute Gasteiger partial charge is 0.185 e. The molecule has 10 heteroatoms. The Balaban J connectivity index is 1.54. The van der Waals surface area contributed by atoms with E-state index in [4.69, 9.17) is 4.74 Å². The van der Waals surface area contributed by atoms with Crippen LogP contribution in [0.3, 0.4) is 0 Å². The van der Waals surface area contributed by atoms with Gasteiger partial charge in [0.05, 0.1) is 18.7 Å². The van der Waals surface area contributed by atoms with Crippen molar-refractivity contribution in [2.75, 3.05) is 20.2 Å². The van der Waals surface area contributed by atoms with Gasteiger partial charge in [0.2, 0.25) is 0 Å². The van der Waals surface area contributed by atoms with Crippen molar-refractivity contribution < 1.29 is 4.74 Å². The fourth-order valence-electron chi connectivity index (χ4n) is 5.38. The number of ether oxygens (including phenoxy) is 1. The Morgan fingerprint density at radius 3 is 2.56 bits per heavy atom. The van der Waals surface area contributed by atoms with E-state index in [9.17, 15) is 0 Å². The highest BCUT2D eigenvalue weighted by Crippen LogP contribution is 2.37. The molecule has 1 aliphatic carbocycles. The number of hydrogen-bond acceptors (Lipinski definition) is 8. The van der Waals surface area contributed by atoms with E-state index in [2.05, 4.69) is 52.8 Å². The van der Waals surface area contributed by atoms with Crippen molar-refractivity contribution in [3.63, 3.8) is 0 Å². The van der Waals surface area contributed by atoms with Gasteiger partial charge in [0.15, 0.2) is 11.5 Å². The van der Waals surface area contributed by atoms with Crippen LogP contribution in [-0.4, -0.2) is 65.3 Å². The average Bonchev–Trinajstić information content (AvgIpc) is 3.62. The lowest BCUT2D eigenvalue weighted by atomic mass is 9.95. The van der Waals surface area contributed by atoms with Crippen LogP contribution >= 0.6 is 0 Å². The van der Waals surface area contributed by atoms with Gasteiger partial charge in [-0.2, -0.15) is 4.52 Å². The molecule has 1 aromatic carbocycles.